The highest BCUT2D eigenvalue weighted by molar-refractivity contribution is 9.10. The Bertz CT molecular complexity index is 406. The lowest BCUT2D eigenvalue weighted by atomic mass is 10.2. The van der Waals surface area contributed by atoms with Crippen LogP contribution in [0.25, 0.3) is 0 Å². The Kier molecular flexibility index (Phi) is 3.07. The van der Waals surface area contributed by atoms with Crippen LogP contribution >= 0.6 is 27.7 Å². The van der Waals surface area contributed by atoms with E-state index in [1.165, 1.54) is 4.90 Å². The number of rotatable bonds is 1. The van der Waals surface area contributed by atoms with E-state index in [9.17, 15) is 4.79 Å². The second-order valence-corrected chi connectivity index (χ2v) is 5.69. The Labute approximate surface area is 102 Å². The average Bonchev–Trinajstić information content (AvgIpc) is 2.17. The van der Waals surface area contributed by atoms with Gasteiger partial charge in [0, 0.05) is 15.4 Å². The number of fused-ring (bicyclic) bond motifs is 1. The maximum absolute atomic E-state index is 11.8. The third kappa shape index (κ3) is 2.06. The van der Waals surface area contributed by atoms with Crippen LogP contribution in [0.5, 0.6) is 0 Å². The zero-order valence-electron chi connectivity index (χ0n) is 8.66. The fourth-order valence-corrected chi connectivity index (χ4v) is 3.17. The molecule has 0 radical (unpaired) electrons. The third-order valence-corrected chi connectivity index (χ3v) is 3.84. The SMILES string of the molecule is CC(C)N1C(=O)CSc2cc(Br)ccc21. The van der Waals surface area contributed by atoms with Crippen molar-refractivity contribution in [2.75, 3.05) is 10.7 Å². The van der Waals surface area contributed by atoms with Crippen molar-refractivity contribution < 1.29 is 4.79 Å². The van der Waals surface area contributed by atoms with Gasteiger partial charge in [-0.3, -0.25) is 4.79 Å². The molecule has 15 heavy (non-hydrogen) atoms. The molecule has 1 aromatic rings. The zero-order chi connectivity index (χ0) is 11.0. The molecule has 2 rings (SSSR count). The van der Waals surface area contributed by atoms with Crippen LogP contribution in [0.4, 0.5) is 5.69 Å². The van der Waals surface area contributed by atoms with Crippen LogP contribution in [0, 0.1) is 0 Å². The molecule has 0 atom stereocenters. The summed E-state index contributed by atoms with van der Waals surface area (Å²) in [7, 11) is 0. The van der Waals surface area contributed by atoms with Crippen molar-refractivity contribution in [3.8, 4) is 0 Å². The molecule has 0 saturated heterocycles. The van der Waals surface area contributed by atoms with Crippen molar-refractivity contribution in [3.63, 3.8) is 0 Å². The van der Waals surface area contributed by atoms with Gasteiger partial charge in [-0.05, 0) is 32.0 Å². The summed E-state index contributed by atoms with van der Waals surface area (Å²) in [4.78, 5) is 14.8. The molecule has 1 aromatic carbocycles. The molecular weight excluding hydrogens is 274 g/mol. The van der Waals surface area contributed by atoms with Gasteiger partial charge in [-0.1, -0.05) is 15.9 Å². The van der Waals surface area contributed by atoms with Crippen LogP contribution < -0.4 is 4.90 Å². The highest BCUT2D eigenvalue weighted by Crippen LogP contribution is 2.37. The largest absolute Gasteiger partial charge is 0.308 e. The monoisotopic (exact) mass is 285 g/mol. The number of thioether (sulfide) groups is 1. The second kappa shape index (κ2) is 4.18. The van der Waals surface area contributed by atoms with E-state index in [-0.39, 0.29) is 11.9 Å². The van der Waals surface area contributed by atoms with Crippen LogP contribution in [-0.2, 0) is 4.79 Å². The zero-order valence-corrected chi connectivity index (χ0v) is 11.1. The molecule has 0 fully saturated rings. The van der Waals surface area contributed by atoms with Crippen molar-refractivity contribution in [1.29, 1.82) is 0 Å². The summed E-state index contributed by atoms with van der Waals surface area (Å²) in [5.74, 6) is 0.742. The molecule has 0 N–H and O–H groups in total. The third-order valence-electron chi connectivity index (χ3n) is 2.32. The van der Waals surface area contributed by atoms with Gasteiger partial charge in [0.15, 0.2) is 0 Å². The van der Waals surface area contributed by atoms with E-state index in [0.29, 0.717) is 5.75 Å². The van der Waals surface area contributed by atoms with E-state index in [2.05, 4.69) is 22.0 Å². The maximum atomic E-state index is 11.8. The van der Waals surface area contributed by atoms with E-state index in [1.54, 1.807) is 11.8 Å². The molecule has 1 heterocycles. The Morgan fingerprint density at radius 1 is 1.47 bits per heavy atom. The molecule has 0 aliphatic carbocycles. The van der Waals surface area contributed by atoms with E-state index in [1.807, 2.05) is 30.9 Å². The van der Waals surface area contributed by atoms with Gasteiger partial charge in [0.1, 0.15) is 0 Å². The first-order valence-corrected chi connectivity index (χ1v) is 6.62. The van der Waals surface area contributed by atoms with Gasteiger partial charge in [0.25, 0.3) is 0 Å². The quantitative estimate of drug-likeness (QED) is 0.789. The summed E-state index contributed by atoms with van der Waals surface area (Å²) < 4.78 is 1.06. The summed E-state index contributed by atoms with van der Waals surface area (Å²) in [6.07, 6.45) is 0. The number of anilines is 1. The van der Waals surface area contributed by atoms with Crippen molar-refractivity contribution in [2.45, 2.75) is 24.8 Å². The first-order valence-electron chi connectivity index (χ1n) is 4.84. The van der Waals surface area contributed by atoms with Gasteiger partial charge in [-0.25, -0.2) is 0 Å². The van der Waals surface area contributed by atoms with Gasteiger partial charge in [0.05, 0.1) is 11.4 Å². The minimum atomic E-state index is 0.199. The normalized spacial score (nSPS) is 15.7. The molecule has 1 aliphatic heterocycles. The molecule has 1 amide bonds. The van der Waals surface area contributed by atoms with Gasteiger partial charge >= 0.3 is 0 Å². The highest BCUT2D eigenvalue weighted by atomic mass is 79.9. The Morgan fingerprint density at radius 3 is 2.87 bits per heavy atom. The number of nitrogens with zero attached hydrogens (tertiary/aromatic N) is 1. The lowest BCUT2D eigenvalue weighted by Crippen LogP contribution is -2.40. The summed E-state index contributed by atoms with van der Waals surface area (Å²) in [6, 6.07) is 6.27. The molecular formula is C11H12BrNOS. The standard InChI is InChI=1S/C11H12BrNOS/c1-7(2)13-9-4-3-8(12)5-10(9)15-6-11(13)14/h3-5,7H,6H2,1-2H3. The van der Waals surface area contributed by atoms with Crippen molar-refractivity contribution >= 4 is 39.3 Å². The van der Waals surface area contributed by atoms with Crippen molar-refractivity contribution in [1.82, 2.24) is 0 Å². The fourth-order valence-electron chi connectivity index (χ4n) is 1.71. The van der Waals surface area contributed by atoms with E-state index in [0.717, 1.165) is 10.2 Å². The minimum absolute atomic E-state index is 0.199. The van der Waals surface area contributed by atoms with Crippen LogP contribution in [0.1, 0.15) is 13.8 Å². The van der Waals surface area contributed by atoms with Crippen LogP contribution in [-0.4, -0.2) is 17.7 Å². The number of hydrogen-bond acceptors (Lipinski definition) is 2. The predicted octanol–water partition coefficient (Wildman–Crippen LogP) is 3.30. The lowest BCUT2D eigenvalue weighted by Gasteiger charge is -2.32. The fraction of sp³-hybridized carbons (Fsp3) is 0.364. The average molecular weight is 286 g/mol. The number of carbonyl (C=O) groups is 1. The first kappa shape index (κ1) is 11.0. The highest BCUT2D eigenvalue weighted by Gasteiger charge is 2.26. The summed E-state index contributed by atoms with van der Waals surface area (Å²) in [5, 5.41) is 0. The molecule has 4 heteroatoms. The molecule has 0 bridgehead atoms. The van der Waals surface area contributed by atoms with Crippen LogP contribution in [0.2, 0.25) is 0 Å². The first-order chi connectivity index (χ1) is 7.09. The summed E-state index contributed by atoms with van der Waals surface area (Å²) in [5.41, 5.74) is 1.04. The molecule has 80 valence electrons. The number of halogens is 1. The van der Waals surface area contributed by atoms with E-state index in [4.69, 9.17) is 0 Å². The van der Waals surface area contributed by atoms with Gasteiger partial charge in [0.2, 0.25) is 5.91 Å². The van der Waals surface area contributed by atoms with Gasteiger partial charge in [-0.15, -0.1) is 11.8 Å². The molecule has 0 unspecified atom stereocenters. The molecule has 2 nitrogen and oxygen atoms in total. The Balaban J connectivity index is 2.48. The molecule has 0 spiro atoms. The van der Waals surface area contributed by atoms with Gasteiger partial charge < -0.3 is 4.90 Å². The second-order valence-electron chi connectivity index (χ2n) is 3.76. The Hall–Kier alpha value is -0.480. The molecule has 0 aromatic heterocycles. The smallest absolute Gasteiger partial charge is 0.237 e. The summed E-state index contributed by atoms with van der Waals surface area (Å²) in [6.45, 7) is 4.08. The number of carbonyl (C=O) groups excluding carboxylic acids is 1. The molecule has 0 saturated carbocycles. The van der Waals surface area contributed by atoms with Gasteiger partial charge in [-0.2, -0.15) is 0 Å². The summed E-state index contributed by atoms with van der Waals surface area (Å²) >= 11 is 5.06. The molecule has 1 aliphatic rings. The van der Waals surface area contributed by atoms with E-state index < -0.39 is 0 Å². The predicted molar refractivity (Wildman–Crippen MR) is 67.5 cm³/mol. The van der Waals surface area contributed by atoms with Crippen molar-refractivity contribution in [3.05, 3.63) is 22.7 Å². The van der Waals surface area contributed by atoms with E-state index >= 15 is 0 Å². The number of amides is 1. The topological polar surface area (TPSA) is 20.3 Å². The van der Waals surface area contributed by atoms with Crippen LogP contribution in [0.3, 0.4) is 0 Å². The number of benzene rings is 1. The Morgan fingerprint density at radius 2 is 2.20 bits per heavy atom. The van der Waals surface area contributed by atoms with Crippen molar-refractivity contribution in [2.24, 2.45) is 0 Å². The maximum Gasteiger partial charge on any atom is 0.237 e. The van der Waals surface area contributed by atoms with Crippen LogP contribution in [0.15, 0.2) is 27.6 Å². The lowest BCUT2D eigenvalue weighted by molar-refractivity contribution is -0.116. The number of hydrogen-bond donors (Lipinski definition) is 0. The minimum Gasteiger partial charge on any atom is -0.308 e.